The Morgan fingerprint density at radius 3 is 2.38 bits per heavy atom. The topological polar surface area (TPSA) is 24.5 Å². The Balaban J connectivity index is 4.10. The van der Waals surface area contributed by atoms with E-state index < -0.39 is 0 Å². The van der Waals surface area contributed by atoms with E-state index in [2.05, 4.69) is 37.9 Å². The third-order valence-corrected chi connectivity index (χ3v) is 2.89. The van der Waals surface area contributed by atoms with E-state index in [-0.39, 0.29) is 0 Å². The van der Waals surface area contributed by atoms with Gasteiger partial charge in [0.05, 0.1) is 6.61 Å². The summed E-state index contributed by atoms with van der Waals surface area (Å²) in [5, 5.41) is 3.54. The highest BCUT2D eigenvalue weighted by Gasteiger charge is 2.15. The van der Waals surface area contributed by atoms with Crippen LogP contribution in [0, 0.1) is 0 Å². The fourth-order valence-corrected chi connectivity index (χ4v) is 1.93. The lowest BCUT2D eigenvalue weighted by molar-refractivity contribution is 0.117. The van der Waals surface area contributed by atoms with Gasteiger partial charge in [0.1, 0.15) is 0 Å². The van der Waals surface area contributed by atoms with Crippen LogP contribution in [0.5, 0.6) is 0 Å². The molecule has 98 valence electrons. The van der Waals surface area contributed by atoms with Gasteiger partial charge in [0.2, 0.25) is 0 Å². The number of rotatable bonds is 10. The van der Waals surface area contributed by atoms with E-state index in [4.69, 9.17) is 4.74 Å². The summed E-state index contributed by atoms with van der Waals surface area (Å²) in [5.41, 5.74) is 0. The molecular formula is C13H30N2O. The number of hydrogen-bond donors (Lipinski definition) is 1. The number of nitrogens with one attached hydrogen (secondary N) is 1. The van der Waals surface area contributed by atoms with Crippen molar-refractivity contribution in [3.8, 4) is 0 Å². The van der Waals surface area contributed by atoms with Gasteiger partial charge in [0, 0.05) is 32.3 Å². The normalized spacial score (nSPS) is 13.7. The molecule has 0 saturated carbocycles. The molecule has 0 aliphatic carbocycles. The molecule has 1 atom stereocenters. The second-order valence-electron chi connectivity index (χ2n) is 4.63. The van der Waals surface area contributed by atoms with Gasteiger partial charge in [-0.25, -0.2) is 0 Å². The summed E-state index contributed by atoms with van der Waals surface area (Å²) in [6.45, 7) is 13.0. The fourth-order valence-electron chi connectivity index (χ4n) is 1.93. The van der Waals surface area contributed by atoms with Gasteiger partial charge in [-0.1, -0.05) is 34.1 Å². The number of likely N-dealkylation sites (N-methyl/N-ethyl adjacent to an activating group) is 1. The summed E-state index contributed by atoms with van der Waals surface area (Å²) in [6.07, 6.45) is 2.51. The number of ether oxygens (including phenoxy) is 1. The van der Waals surface area contributed by atoms with Crippen LogP contribution in [-0.4, -0.2) is 50.3 Å². The summed E-state index contributed by atoms with van der Waals surface area (Å²) < 4.78 is 5.17. The van der Waals surface area contributed by atoms with Crippen LogP contribution in [0.1, 0.15) is 40.5 Å². The molecule has 0 spiro atoms. The van der Waals surface area contributed by atoms with Crippen molar-refractivity contribution in [3.63, 3.8) is 0 Å². The van der Waals surface area contributed by atoms with Crippen molar-refractivity contribution in [3.05, 3.63) is 0 Å². The first-order valence-electron chi connectivity index (χ1n) is 6.62. The number of hydrogen-bond acceptors (Lipinski definition) is 3. The predicted molar refractivity (Wildman–Crippen MR) is 71.0 cm³/mol. The Bertz CT molecular complexity index is 151. The quantitative estimate of drug-likeness (QED) is 0.622. The molecule has 0 aromatic rings. The van der Waals surface area contributed by atoms with Gasteiger partial charge < -0.3 is 10.1 Å². The summed E-state index contributed by atoms with van der Waals surface area (Å²) in [5.74, 6) is 0. The molecule has 3 heteroatoms. The van der Waals surface area contributed by atoms with Crippen molar-refractivity contribution in [1.29, 1.82) is 0 Å². The number of nitrogens with zero attached hydrogens (tertiary/aromatic N) is 1. The third-order valence-electron chi connectivity index (χ3n) is 2.89. The summed E-state index contributed by atoms with van der Waals surface area (Å²) >= 11 is 0. The van der Waals surface area contributed by atoms with E-state index in [9.17, 15) is 0 Å². The maximum Gasteiger partial charge on any atom is 0.0589 e. The van der Waals surface area contributed by atoms with Crippen molar-refractivity contribution in [2.45, 2.75) is 52.6 Å². The van der Waals surface area contributed by atoms with Gasteiger partial charge in [-0.05, 0) is 13.0 Å². The van der Waals surface area contributed by atoms with Gasteiger partial charge in [0.15, 0.2) is 0 Å². The van der Waals surface area contributed by atoms with Crippen LogP contribution in [0.4, 0.5) is 0 Å². The average molecular weight is 230 g/mol. The fraction of sp³-hybridized carbons (Fsp3) is 1.00. The third kappa shape index (κ3) is 7.20. The molecule has 1 unspecified atom stereocenters. The average Bonchev–Trinajstić information content (AvgIpc) is 2.26. The smallest absolute Gasteiger partial charge is 0.0589 e. The molecule has 0 amide bonds. The van der Waals surface area contributed by atoms with Crippen LogP contribution in [0.3, 0.4) is 0 Å². The van der Waals surface area contributed by atoms with E-state index in [1.807, 2.05) is 0 Å². The molecule has 16 heavy (non-hydrogen) atoms. The molecule has 0 radical (unpaired) electrons. The van der Waals surface area contributed by atoms with E-state index in [1.54, 1.807) is 7.11 Å². The van der Waals surface area contributed by atoms with E-state index in [0.717, 1.165) is 26.2 Å². The maximum atomic E-state index is 5.17. The molecule has 0 aliphatic rings. The first-order valence-corrected chi connectivity index (χ1v) is 6.62. The molecule has 1 N–H and O–H groups in total. The van der Waals surface area contributed by atoms with Crippen LogP contribution in [-0.2, 0) is 4.74 Å². The first kappa shape index (κ1) is 15.9. The van der Waals surface area contributed by atoms with E-state index >= 15 is 0 Å². The Morgan fingerprint density at radius 1 is 1.25 bits per heavy atom. The lowest BCUT2D eigenvalue weighted by atomic mass is 10.1. The van der Waals surface area contributed by atoms with Crippen LogP contribution < -0.4 is 5.32 Å². The summed E-state index contributed by atoms with van der Waals surface area (Å²) in [7, 11) is 1.77. The Hall–Kier alpha value is -0.120. The molecule has 0 aliphatic heterocycles. The van der Waals surface area contributed by atoms with E-state index in [1.165, 1.54) is 12.8 Å². The number of methoxy groups -OCH3 is 1. The van der Waals surface area contributed by atoms with Crippen LogP contribution in [0.2, 0.25) is 0 Å². The van der Waals surface area contributed by atoms with Crippen molar-refractivity contribution in [2.24, 2.45) is 0 Å². The molecule has 0 heterocycles. The van der Waals surface area contributed by atoms with E-state index in [0.29, 0.717) is 12.1 Å². The Kier molecular flexibility index (Phi) is 9.99. The van der Waals surface area contributed by atoms with Crippen molar-refractivity contribution in [1.82, 2.24) is 10.2 Å². The minimum atomic E-state index is 0.570. The van der Waals surface area contributed by atoms with Crippen molar-refractivity contribution >= 4 is 0 Å². The monoisotopic (exact) mass is 230 g/mol. The van der Waals surface area contributed by atoms with Crippen molar-refractivity contribution in [2.75, 3.05) is 33.4 Å². The minimum absolute atomic E-state index is 0.570. The molecule has 0 saturated heterocycles. The highest BCUT2D eigenvalue weighted by molar-refractivity contribution is 4.74. The SMILES string of the molecule is CCCC(CNC(C)C)N(CC)CCOC. The maximum absolute atomic E-state index is 5.17. The summed E-state index contributed by atoms with van der Waals surface area (Å²) in [6, 6.07) is 1.22. The standard InChI is InChI=1S/C13H30N2O/c1-6-8-13(11-14-12(3)4)15(7-2)9-10-16-5/h12-14H,6-11H2,1-5H3. The highest BCUT2D eigenvalue weighted by atomic mass is 16.5. The molecular weight excluding hydrogens is 200 g/mol. The van der Waals surface area contributed by atoms with Crippen LogP contribution >= 0.6 is 0 Å². The second kappa shape index (κ2) is 10.1. The zero-order valence-electron chi connectivity index (χ0n) is 11.8. The van der Waals surface area contributed by atoms with Gasteiger partial charge >= 0.3 is 0 Å². The zero-order chi connectivity index (χ0) is 12.4. The predicted octanol–water partition coefficient (Wildman–Crippen LogP) is 2.12. The lowest BCUT2D eigenvalue weighted by Crippen LogP contribution is -2.45. The Labute approximate surface area is 102 Å². The summed E-state index contributed by atoms with van der Waals surface area (Å²) in [4.78, 5) is 2.52. The molecule has 3 nitrogen and oxygen atoms in total. The molecule has 0 aromatic heterocycles. The highest BCUT2D eigenvalue weighted by Crippen LogP contribution is 2.06. The first-order chi connectivity index (χ1) is 7.65. The molecule has 0 rings (SSSR count). The minimum Gasteiger partial charge on any atom is -0.383 e. The van der Waals surface area contributed by atoms with Gasteiger partial charge in [0.25, 0.3) is 0 Å². The van der Waals surface area contributed by atoms with Crippen LogP contribution in [0.25, 0.3) is 0 Å². The largest absolute Gasteiger partial charge is 0.383 e. The van der Waals surface area contributed by atoms with Crippen LogP contribution in [0.15, 0.2) is 0 Å². The zero-order valence-corrected chi connectivity index (χ0v) is 11.8. The molecule has 0 aromatic carbocycles. The van der Waals surface area contributed by atoms with Gasteiger partial charge in [-0.15, -0.1) is 0 Å². The van der Waals surface area contributed by atoms with Crippen molar-refractivity contribution < 1.29 is 4.74 Å². The molecule has 0 fully saturated rings. The lowest BCUT2D eigenvalue weighted by Gasteiger charge is -2.31. The van der Waals surface area contributed by atoms with Gasteiger partial charge in [-0.3, -0.25) is 4.90 Å². The molecule has 0 bridgehead atoms. The second-order valence-corrected chi connectivity index (χ2v) is 4.63. The van der Waals surface area contributed by atoms with Gasteiger partial charge in [-0.2, -0.15) is 0 Å². The Morgan fingerprint density at radius 2 is 1.94 bits per heavy atom.